The van der Waals surface area contributed by atoms with Crippen LogP contribution in [0.4, 0.5) is 9.52 Å². The van der Waals surface area contributed by atoms with E-state index in [-0.39, 0.29) is 18.3 Å². The topological polar surface area (TPSA) is 76.4 Å². The summed E-state index contributed by atoms with van der Waals surface area (Å²) in [6.07, 6.45) is 3.72. The van der Waals surface area contributed by atoms with E-state index in [0.29, 0.717) is 17.2 Å². The second-order valence-electron chi connectivity index (χ2n) is 6.55. The molecule has 0 bridgehead atoms. The van der Waals surface area contributed by atoms with Crippen LogP contribution in [-0.2, 0) is 16.1 Å². The van der Waals surface area contributed by atoms with Gasteiger partial charge in [-0.3, -0.25) is 14.6 Å². The first kappa shape index (κ1) is 18.9. The average molecular weight is 404 g/mol. The molecule has 1 aliphatic heterocycles. The maximum atomic E-state index is 13.5. The molecule has 1 aromatic carbocycles. The number of hydrogen-bond donors (Lipinski definition) is 0. The number of thiazole rings is 1. The third kappa shape index (κ3) is 4.51. The van der Waals surface area contributed by atoms with Crippen molar-refractivity contribution in [3.63, 3.8) is 0 Å². The molecule has 1 aliphatic rings. The van der Waals surface area contributed by atoms with Crippen LogP contribution in [0.15, 0.2) is 30.9 Å². The van der Waals surface area contributed by atoms with E-state index in [1.165, 1.54) is 40.8 Å². The second-order valence-corrected chi connectivity index (χ2v) is 7.56. The molecule has 4 rings (SSSR count). The van der Waals surface area contributed by atoms with E-state index in [4.69, 9.17) is 4.74 Å². The van der Waals surface area contributed by atoms with E-state index in [2.05, 4.69) is 20.0 Å². The van der Waals surface area contributed by atoms with Crippen LogP contribution in [0.1, 0.15) is 6.42 Å². The van der Waals surface area contributed by atoms with Gasteiger partial charge in [-0.25, -0.2) is 19.0 Å². The molecule has 0 radical (unpaired) electrons. The van der Waals surface area contributed by atoms with Crippen LogP contribution < -0.4 is 4.90 Å². The first-order valence-electron chi connectivity index (χ1n) is 9.18. The molecule has 0 spiro atoms. The molecular formula is C18H21FN6O2S. The summed E-state index contributed by atoms with van der Waals surface area (Å²) in [4.78, 5) is 25.4. The molecule has 8 nitrogen and oxygen atoms in total. The Hall–Kier alpha value is -2.43. The maximum absolute atomic E-state index is 13.5. The number of benzene rings is 1. The Bertz CT molecular complexity index is 925. The lowest BCUT2D eigenvalue weighted by molar-refractivity contribution is -0.119. The number of fused-ring (bicyclic) bond motifs is 1. The summed E-state index contributed by atoms with van der Waals surface area (Å²) in [5.41, 5.74) is 0.688. The van der Waals surface area contributed by atoms with Gasteiger partial charge < -0.3 is 4.74 Å². The van der Waals surface area contributed by atoms with Crippen LogP contribution in [0, 0.1) is 5.82 Å². The van der Waals surface area contributed by atoms with Gasteiger partial charge in [0.1, 0.15) is 25.0 Å². The fourth-order valence-corrected chi connectivity index (χ4v) is 4.18. The minimum absolute atomic E-state index is 0.0852. The van der Waals surface area contributed by atoms with Gasteiger partial charge in [-0.2, -0.15) is 5.10 Å². The molecule has 1 fully saturated rings. The van der Waals surface area contributed by atoms with Gasteiger partial charge >= 0.3 is 0 Å². The Morgan fingerprint density at radius 1 is 1.32 bits per heavy atom. The lowest BCUT2D eigenvalue weighted by atomic mass is 10.3. The molecule has 148 valence electrons. The number of hydrogen-bond acceptors (Lipinski definition) is 7. The van der Waals surface area contributed by atoms with Crippen molar-refractivity contribution >= 4 is 32.6 Å². The summed E-state index contributed by atoms with van der Waals surface area (Å²) in [5.74, 6) is -0.428. The summed E-state index contributed by atoms with van der Waals surface area (Å²) in [5, 5.41) is 4.59. The highest BCUT2D eigenvalue weighted by atomic mass is 32.1. The van der Waals surface area contributed by atoms with Crippen LogP contribution in [0.3, 0.4) is 0 Å². The zero-order valence-corrected chi connectivity index (χ0v) is 16.1. The van der Waals surface area contributed by atoms with Gasteiger partial charge in [0.15, 0.2) is 5.13 Å². The summed E-state index contributed by atoms with van der Waals surface area (Å²) < 4.78 is 21.1. The average Bonchev–Trinajstić information content (AvgIpc) is 3.35. The number of morpholine rings is 1. The summed E-state index contributed by atoms with van der Waals surface area (Å²) in [7, 11) is 0. The third-order valence-electron chi connectivity index (χ3n) is 4.59. The van der Waals surface area contributed by atoms with Crippen molar-refractivity contribution in [3.05, 3.63) is 36.7 Å². The molecule has 3 heterocycles. The minimum atomic E-state index is -0.310. The van der Waals surface area contributed by atoms with Gasteiger partial charge in [-0.05, 0) is 24.6 Å². The number of carbonyl (C=O) groups excluding carboxylic acids is 1. The number of rotatable bonds is 7. The molecule has 0 N–H and O–H groups in total. The summed E-state index contributed by atoms with van der Waals surface area (Å²) in [6, 6.07) is 4.47. The first-order valence-corrected chi connectivity index (χ1v) is 10.00. The lowest BCUT2D eigenvalue weighted by Crippen LogP contribution is -2.40. The van der Waals surface area contributed by atoms with E-state index in [0.717, 1.165) is 44.0 Å². The first-order chi connectivity index (χ1) is 13.7. The van der Waals surface area contributed by atoms with Crippen molar-refractivity contribution in [2.75, 3.05) is 44.3 Å². The van der Waals surface area contributed by atoms with Gasteiger partial charge in [-0.15, -0.1) is 0 Å². The van der Waals surface area contributed by atoms with Crippen molar-refractivity contribution in [2.24, 2.45) is 0 Å². The fraction of sp³-hybridized carbons (Fsp3) is 0.444. The molecule has 1 saturated heterocycles. The van der Waals surface area contributed by atoms with E-state index in [9.17, 15) is 9.18 Å². The van der Waals surface area contributed by atoms with Crippen molar-refractivity contribution in [1.82, 2.24) is 24.6 Å². The largest absolute Gasteiger partial charge is 0.379 e. The molecule has 3 aromatic rings. The summed E-state index contributed by atoms with van der Waals surface area (Å²) in [6.45, 7) is 4.82. The Morgan fingerprint density at radius 3 is 2.96 bits per heavy atom. The van der Waals surface area contributed by atoms with Crippen LogP contribution >= 0.6 is 11.3 Å². The lowest BCUT2D eigenvalue weighted by Gasteiger charge is -2.27. The van der Waals surface area contributed by atoms with Gasteiger partial charge in [0, 0.05) is 26.2 Å². The SMILES string of the molecule is O=C(Cn1cncn1)N(CCCN1CCOCC1)c1nc2ccc(F)cc2s1. The molecule has 0 atom stereocenters. The Kier molecular flexibility index (Phi) is 5.89. The van der Waals surface area contributed by atoms with Gasteiger partial charge in [0.2, 0.25) is 0 Å². The van der Waals surface area contributed by atoms with Gasteiger partial charge in [0.25, 0.3) is 5.91 Å². The minimum Gasteiger partial charge on any atom is -0.379 e. The molecule has 10 heteroatoms. The Balaban J connectivity index is 1.50. The van der Waals surface area contributed by atoms with E-state index in [1.54, 1.807) is 11.0 Å². The second kappa shape index (κ2) is 8.72. The van der Waals surface area contributed by atoms with Crippen molar-refractivity contribution in [3.8, 4) is 0 Å². The van der Waals surface area contributed by atoms with Crippen LogP contribution in [0.2, 0.25) is 0 Å². The fourth-order valence-electron chi connectivity index (χ4n) is 3.14. The van der Waals surface area contributed by atoms with Crippen LogP contribution in [-0.4, -0.2) is 69.9 Å². The number of ether oxygens (including phenoxy) is 1. The number of amides is 1. The predicted octanol–water partition coefficient (Wildman–Crippen LogP) is 1.78. The molecule has 2 aromatic heterocycles. The Labute approximate surface area is 165 Å². The number of carbonyl (C=O) groups is 1. The third-order valence-corrected chi connectivity index (χ3v) is 5.64. The summed E-state index contributed by atoms with van der Waals surface area (Å²) >= 11 is 1.32. The molecule has 0 unspecified atom stereocenters. The highest BCUT2D eigenvalue weighted by Gasteiger charge is 2.21. The monoisotopic (exact) mass is 404 g/mol. The van der Waals surface area contributed by atoms with Gasteiger partial charge in [-0.1, -0.05) is 11.3 Å². The molecule has 0 aliphatic carbocycles. The normalized spacial score (nSPS) is 15.2. The zero-order chi connectivity index (χ0) is 19.3. The van der Waals surface area contributed by atoms with Gasteiger partial charge in [0.05, 0.1) is 23.4 Å². The number of halogens is 1. The van der Waals surface area contributed by atoms with E-state index >= 15 is 0 Å². The van der Waals surface area contributed by atoms with Crippen molar-refractivity contribution in [2.45, 2.75) is 13.0 Å². The van der Waals surface area contributed by atoms with Crippen LogP contribution in [0.25, 0.3) is 10.2 Å². The van der Waals surface area contributed by atoms with Crippen LogP contribution in [0.5, 0.6) is 0 Å². The molecular weight excluding hydrogens is 383 g/mol. The highest BCUT2D eigenvalue weighted by molar-refractivity contribution is 7.22. The molecule has 1 amide bonds. The number of aromatic nitrogens is 4. The zero-order valence-electron chi connectivity index (χ0n) is 15.3. The predicted molar refractivity (Wildman–Crippen MR) is 104 cm³/mol. The van der Waals surface area contributed by atoms with Crippen molar-refractivity contribution in [1.29, 1.82) is 0 Å². The molecule has 28 heavy (non-hydrogen) atoms. The van der Waals surface area contributed by atoms with E-state index < -0.39 is 0 Å². The number of anilines is 1. The Morgan fingerprint density at radius 2 is 2.18 bits per heavy atom. The molecule has 0 saturated carbocycles. The standard InChI is InChI=1S/C18H21FN6O2S/c19-14-2-3-15-16(10-14)28-18(22-15)25(17(26)11-24-13-20-12-21-24)5-1-4-23-6-8-27-9-7-23/h2-3,10,12-13H,1,4-9,11H2. The van der Waals surface area contributed by atoms with E-state index in [1.807, 2.05) is 0 Å². The quantitative estimate of drug-likeness (QED) is 0.598. The number of nitrogens with zero attached hydrogens (tertiary/aromatic N) is 6. The van der Waals surface area contributed by atoms with Crippen molar-refractivity contribution < 1.29 is 13.9 Å². The maximum Gasteiger partial charge on any atom is 0.250 e. The highest BCUT2D eigenvalue weighted by Crippen LogP contribution is 2.29. The smallest absolute Gasteiger partial charge is 0.250 e.